The average molecular weight is 561 g/mol. The standard InChI is InChI=1S/C25H37ClN2O8S/c1-4-5-6-7-8-9-10-11-16-32-21-20(33-23-22(21)34-25(2,3)35-23)17-27-36-24(29)28-37(30,31)19-14-12-18(26)13-15-19/h12-15,17,20-23H,4-11,16H2,1-3H3,(H,28,29)/t20-,21+,22-,23-/m1/s1. The van der Waals surface area contributed by atoms with Gasteiger partial charge in [0.15, 0.2) is 12.1 Å². The molecule has 2 aliphatic heterocycles. The normalized spacial score (nSPS) is 24.9. The van der Waals surface area contributed by atoms with E-state index < -0.39 is 46.5 Å². The summed E-state index contributed by atoms with van der Waals surface area (Å²) >= 11 is 5.77. The van der Waals surface area contributed by atoms with E-state index in [9.17, 15) is 13.2 Å². The first-order valence-electron chi connectivity index (χ1n) is 12.8. The summed E-state index contributed by atoms with van der Waals surface area (Å²) in [5, 5.41) is 3.98. The molecular formula is C25H37ClN2O8S. The number of nitrogens with zero attached hydrogens (tertiary/aromatic N) is 1. The number of ether oxygens (including phenoxy) is 4. The lowest BCUT2D eigenvalue weighted by molar-refractivity contribution is -0.209. The van der Waals surface area contributed by atoms with Gasteiger partial charge in [0, 0.05) is 11.6 Å². The smallest absolute Gasteiger partial charge is 0.372 e. The number of sulfonamides is 1. The van der Waals surface area contributed by atoms with Crippen molar-refractivity contribution in [3.8, 4) is 0 Å². The second-order valence-corrected chi connectivity index (χ2v) is 11.7. The van der Waals surface area contributed by atoms with Crippen molar-refractivity contribution in [3.63, 3.8) is 0 Å². The maximum absolute atomic E-state index is 12.3. The Morgan fingerprint density at radius 2 is 1.73 bits per heavy atom. The minimum absolute atomic E-state index is 0.142. The Morgan fingerprint density at radius 3 is 2.41 bits per heavy atom. The van der Waals surface area contributed by atoms with E-state index in [0.717, 1.165) is 12.8 Å². The van der Waals surface area contributed by atoms with Crippen LogP contribution in [0.3, 0.4) is 0 Å². The quantitative estimate of drug-likeness (QED) is 0.144. The highest BCUT2D eigenvalue weighted by molar-refractivity contribution is 7.90. The molecule has 37 heavy (non-hydrogen) atoms. The average Bonchev–Trinajstić information content (AvgIpc) is 3.29. The summed E-state index contributed by atoms with van der Waals surface area (Å²) in [6, 6.07) is 5.32. The second-order valence-electron chi connectivity index (χ2n) is 9.57. The highest BCUT2D eigenvalue weighted by atomic mass is 35.5. The third-order valence-corrected chi connectivity index (χ3v) is 7.60. The molecule has 1 aromatic carbocycles. The fourth-order valence-electron chi connectivity index (χ4n) is 4.21. The Labute approximate surface area is 224 Å². The summed E-state index contributed by atoms with van der Waals surface area (Å²) in [5.41, 5.74) is 0. The second kappa shape index (κ2) is 13.9. The summed E-state index contributed by atoms with van der Waals surface area (Å²) in [6.07, 6.45) is 7.06. The lowest BCUT2D eigenvalue weighted by Gasteiger charge is -2.24. The predicted octanol–water partition coefficient (Wildman–Crippen LogP) is 5.14. The molecule has 0 bridgehead atoms. The number of hydrogen-bond donors (Lipinski definition) is 1. The van der Waals surface area contributed by atoms with Crippen LogP contribution < -0.4 is 4.72 Å². The Kier molecular flexibility index (Phi) is 11.2. The van der Waals surface area contributed by atoms with Crippen molar-refractivity contribution < 1.29 is 37.0 Å². The van der Waals surface area contributed by atoms with Crippen LogP contribution in [0.25, 0.3) is 0 Å². The van der Waals surface area contributed by atoms with Gasteiger partial charge in [-0.05, 0) is 44.5 Å². The van der Waals surface area contributed by atoms with Crippen LogP contribution in [-0.4, -0.2) is 57.7 Å². The lowest BCUT2D eigenvalue weighted by atomic mass is 10.1. The third-order valence-electron chi connectivity index (χ3n) is 6.02. The first kappa shape index (κ1) is 29.8. The number of amides is 1. The summed E-state index contributed by atoms with van der Waals surface area (Å²) in [7, 11) is -4.14. The van der Waals surface area contributed by atoms with E-state index in [1.807, 2.05) is 0 Å². The van der Waals surface area contributed by atoms with E-state index >= 15 is 0 Å². The zero-order valence-corrected chi connectivity index (χ0v) is 23.1. The molecule has 1 aromatic rings. The fraction of sp³-hybridized carbons (Fsp3) is 0.680. The van der Waals surface area contributed by atoms with Crippen molar-refractivity contribution in [2.24, 2.45) is 5.16 Å². The molecule has 0 aromatic heterocycles. The van der Waals surface area contributed by atoms with Crippen molar-refractivity contribution in [2.45, 2.75) is 107 Å². The van der Waals surface area contributed by atoms with Gasteiger partial charge < -0.3 is 18.9 Å². The van der Waals surface area contributed by atoms with Crippen LogP contribution in [0.4, 0.5) is 4.79 Å². The van der Waals surface area contributed by atoms with Crippen LogP contribution in [0.2, 0.25) is 5.02 Å². The zero-order chi connectivity index (χ0) is 26.9. The topological polar surface area (TPSA) is 122 Å². The fourth-order valence-corrected chi connectivity index (χ4v) is 5.20. The largest absolute Gasteiger partial charge is 0.447 e. The number of unbranched alkanes of at least 4 members (excludes halogenated alkanes) is 7. The zero-order valence-electron chi connectivity index (χ0n) is 21.6. The van der Waals surface area contributed by atoms with Gasteiger partial charge in [-0.2, -0.15) is 0 Å². The highest BCUT2D eigenvalue weighted by Gasteiger charge is 2.55. The molecule has 10 nitrogen and oxygen atoms in total. The summed E-state index contributed by atoms with van der Waals surface area (Å²) in [4.78, 5) is 16.6. The Bertz CT molecular complexity index is 1000. The van der Waals surface area contributed by atoms with Crippen LogP contribution in [0.15, 0.2) is 34.3 Å². The minimum Gasteiger partial charge on any atom is -0.372 e. The third kappa shape index (κ3) is 9.19. The van der Waals surface area contributed by atoms with Crippen LogP contribution >= 0.6 is 11.6 Å². The van der Waals surface area contributed by atoms with Crippen molar-refractivity contribution >= 4 is 33.9 Å². The number of carbonyl (C=O) groups is 1. The van der Waals surface area contributed by atoms with Crippen molar-refractivity contribution in [1.82, 2.24) is 4.72 Å². The molecule has 0 spiro atoms. The summed E-state index contributed by atoms with van der Waals surface area (Å²) in [5.74, 6) is -0.816. The number of nitrogens with one attached hydrogen (secondary N) is 1. The molecule has 208 valence electrons. The summed E-state index contributed by atoms with van der Waals surface area (Å²) in [6.45, 7) is 6.31. The lowest BCUT2D eigenvalue weighted by Crippen LogP contribution is -2.38. The molecule has 3 rings (SSSR count). The number of rotatable bonds is 14. The Hall–Kier alpha value is -1.76. The van der Waals surface area contributed by atoms with Gasteiger partial charge in [-0.3, -0.25) is 4.84 Å². The van der Waals surface area contributed by atoms with E-state index in [-0.39, 0.29) is 4.90 Å². The summed E-state index contributed by atoms with van der Waals surface area (Å²) < 4.78 is 50.1. The van der Waals surface area contributed by atoms with Gasteiger partial charge in [-0.15, -0.1) is 0 Å². The maximum atomic E-state index is 12.3. The molecule has 2 saturated heterocycles. The molecular weight excluding hydrogens is 524 g/mol. The molecule has 2 aliphatic rings. The number of benzene rings is 1. The number of oxime groups is 1. The molecule has 2 heterocycles. The number of fused-ring (bicyclic) bond motifs is 1. The van der Waals surface area contributed by atoms with Gasteiger partial charge in [-0.25, -0.2) is 17.9 Å². The monoisotopic (exact) mass is 560 g/mol. The van der Waals surface area contributed by atoms with E-state index in [0.29, 0.717) is 11.6 Å². The van der Waals surface area contributed by atoms with Gasteiger partial charge in [0.1, 0.15) is 18.3 Å². The van der Waals surface area contributed by atoms with Gasteiger partial charge in [0.25, 0.3) is 10.0 Å². The van der Waals surface area contributed by atoms with E-state index in [4.69, 9.17) is 35.4 Å². The van der Waals surface area contributed by atoms with Crippen LogP contribution in [0.5, 0.6) is 0 Å². The number of carbonyl (C=O) groups excluding carboxylic acids is 1. The first-order valence-corrected chi connectivity index (χ1v) is 14.6. The van der Waals surface area contributed by atoms with Crippen LogP contribution in [-0.2, 0) is 33.8 Å². The molecule has 4 atom stereocenters. The molecule has 0 radical (unpaired) electrons. The SMILES string of the molecule is CCCCCCCCCCO[C@@H]1[C@H]2OC(C)(C)O[C@H]2O[C@@H]1C=NOC(=O)NS(=O)(=O)c1ccc(Cl)cc1. The Balaban J connectivity index is 1.48. The van der Waals surface area contributed by atoms with Crippen LogP contribution in [0.1, 0.15) is 72.1 Å². The van der Waals surface area contributed by atoms with E-state index in [1.165, 1.54) is 69.0 Å². The molecule has 0 saturated carbocycles. The Morgan fingerprint density at radius 1 is 1.08 bits per heavy atom. The maximum Gasteiger partial charge on any atom is 0.447 e. The van der Waals surface area contributed by atoms with Gasteiger partial charge >= 0.3 is 6.09 Å². The van der Waals surface area contributed by atoms with Gasteiger partial charge in [0.05, 0.1) is 11.1 Å². The molecule has 1 N–H and O–H groups in total. The molecule has 1 amide bonds. The number of hydrogen-bond acceptors (Lipinski definition) is 9. The predicted molar refractivity (Wildman–Crippen MR) is 138 cm³/mol. The van der Waals surface area contributed by atoms with E-state index in [2.05, 4.69) is 12.1 Å². The highest BCUT2D eigenvalue weighted by Crippen LogP contribution is 2.38. The molecule has 0 unspecified atom stereocenters. The first-order chi connectivity index (χ1) is 17.6. The van der Waals surface area contributed by atoms with Crippen molar-refractivity contribution in [1.29, 1.82) is 0 Å². The van der Waals surface area contributed by atoms with Crippen LogP contribution in [0, 0.1) is 0 Å². The van der Waals surface area contributed by atoms with Crippen molar-refractivity contribution in [3.05, 3.63) is 29.3 Å². The number of halogens is 1. The molecule has 2 fully saturated rings. The van der Waals surface area contributed by atoms with Gasteiger partial charge in [0.2, 0.25) is 0 Å². The molecule has 12 heteroatoms. The van der Waals surface area contributed by atoms with Gasteiger partial charge in [-0.1, -0.05) is 68.6 Å². The van der Waals surface area contributed by atoms with Crippen molar-refractivity contribution in [2.75, 3.05) is 6.61 Å². The van der Waals surface area contributed by atoms with E-state index in [1.54, 1.807) is 18.6 Å². The molecule has 0 aliphatic carbocycles. The minimum atomic E-state index is -4.14.